The number of rotatable bonds is 4. The van der Waals surface area contributed by atoms with Gasteiger partial charge in [-0.25, -0.2) is 0 Å². The molecule has 0 unspecified atom stereocenters. The molecule has 0 aliphatic carbocycles. The molecule has 0 saturated carbocycles. The smallest absolute Gasteiger partial charge is 0.229 e. The Balaban J connectivity index is 1.65. The van der Waals surface area contributed by atoms with E-state index < -0.39 is 0 Å². The molecule has 2 saturated heterocycles. The lowest BCUT2D eigenvalue weighted by Gasteiger charge is -2.38. The van der Waals surface area contributed by atoms with E-state index >= 15 is 0 Å². The number of nitrogens with one attached hydrogen (secondary N) is 1. The summed E-state index contributed by atoms with van der Waals surface area (Å²) < 4.78 is 5.44. The van der Waals surface area contributed by atoms with Crippen molar-refractivity contribution in [1.29, 1.82) is 0 Å². The largest absolute Gasteiger partial charge is 0.381 e. The van der Waals surface area contributed by atoms with Gasteiger partial charge in [0.25, 0.3) is 0 Å². The highest BCUT2D eigenvalue weighted by molar-refractivity contribution is 5.93. The maximum atomic E-state index is 12.5. The van der Waals surface area contributed by atoms with Gasteiger partial charge in [-0.3, -0.25) is 9.69 Å². The molecule has 25 heavy (non-hydrogen) atoms. The van der Waals surface area contributed by atoms with Gasteiger partial charge in [-0.1, -0.05) is 0 Å². The number of aryl methyl sites for hydroxylation is 1. The van der Waals surface area contributed by atoms with Crippen LogP contribution in [0.3, 0.4) is 0 Å². The van der Waals surface area contributed by atoms with E-state index in [0.29, 0.717) is 12.6 Å². The molecule has 2 heterocycles. The van der Waals surface area contributed by atoms with Gasteiger partial charge in [0, 0.05) is 50.2 Å². The van der Waals surface area contributed by atoms with E-state index in [0.717, 1.165) is 51.3 Å². The van der Waals surface area contributed by atoms with Crippen molar-refractivity contribution in [2.24, 2.45) is 5.92 Å². The fraction of sp³-hybridized carbons (Fsp3) is 0.650. The second-order valence-electron chi connectivity index (χ2n) is 7.58. The quantitative estimate of drug-likeness (QED) is 0.911. The lowest BCUT2D eigenvalue weighted by molar-refractivity contribution is -0.123. The van der Waals surface area contributed by atoms with Crippen molar-refractivity contribution in [3.05, 3.63) is 23.8 Å². The van der Waals surface area contributed by atoms with Crippen molar-refractivity contribution >= 4 is 17.3 Å². The number of hydrogen-bond donors (Lipinski definition) is 1. The first-order valence-corrected chi connectivity index (χ1v) is 9.52. The maximum Gasteiger partial charge on any atom is 0.229 e. The van der Waals surface area contributed by atoms with Crippen molar-refractivity contribution < 1.29 is 9.53 Å². The van der Waals surface area contributed by atoms with Crippen molar-refractivity contribution in [2.75, 3.05) is 49.6 Å². The van der Waals surface area contributed by atoms with E-state index in [1.807, 2.05) is 0 Å². The molecule has 0 radical (unpaired) electrons. The maximum absolute atomic E-state index is 12.5. The average Bonchev–Trinajstić information content (AvgIpc) is 2.62. The molecule has 1 aromatic rings. The molecular weight excluding hydrogens is 314 g/mol. The molecule has 5 nitrogen and oxygen atoms in total. The topological polar surface area (TPSA) is 44.8 Å². The standard InChI is InChI=1S/C20H31N3O2/c1-15(2)22-6-8-23(9-7-22)19-12-16(3)11-18(13-19)21-20(24)17-5-4-10-25-14-17/h11-13,15,17H,4-10,14H2,1-3H3,(H,21,24)/t17-/m0/s1. The Morgan fingerprint density at radius 3 is 2.60 bits per heavy atom. The molecule has 1 amide bonds. The van der Waals surface area contributed by atoms with Gasteiger partial charge in [0.05, 0.1) is 12.5 Å². The van der Waals surface area contributed by atoms with E-state index in [4.69, 9.17) is 4.74 Å². The van der Waals surface area contributed by atoms with Gasteiger partial charge in [0.15, 0.2) is 0 Å². The van der Waals surface area contributed by atoms with Gasteiger partial charge in [-0.15, -0.1) is 0 Å². The van der Waals surface area contributed by atoms with Crippen LogP contribution in [0.5, 0.6) is 0 Å². The van der Waals surface area contributed by atoms with Gasteiger partial charge in [0.1, 0.15) is 0 Å². The third-order valence-electron chi connectivity index (χ3n) is 5.27. The molecule has 3 rings (SSSR count). The number of ether oxygens (including phenoxy) is 1. The number of nitrogens with zero attached hydrogens (tertiary/aromatic N) is 2. The molecule has 0 aromatic heterocycles. The van der Waals surface area contributed by atoms with Crippen LogP contribution in [0.4, 0.5) is 11.4 Å². The third kappa shape index (κ3) is 4.73. The van der Waals surface area contributed by atoms with Gasteiger partial charge in [-0.2, -0.15) is 0 Å². The highest BCUT2D eigenvalue weighted by Gasteiger charge is 2.23. The predicted octanol–water partition coefficient (Wildman–Crippen LogP) is 2.89. The van der Waals surface area contributed by atoms with Crippen LogP contribution < -0.4 is 10.2 Å². The molecule has 2 fully saturated rings. The number of piperazine rings is 1. The Hall–Kier alpha value is -1.59. The van der Waals surface area contributed by atoms with Crippen LogP contribution in [0.25, 0.3) is 0 Å². The van der Waals surface area contributed by atoms with Crippen LogP contribution in [0, 0.1) is 12.8 Å². The summed E-state index contributed by atoms with van der Waals surface area (Å²) in [5.41, 5.74) is 3.29. The monoisotopic (exact) mass is 345 g/mol. The molecule has 2 aliphatic heterocycles. The Kier molecular flexibility index (Phi) is 5.97. The summed E-state index contributed by atoms with van der Waals surface area (Å²) in [5, 5.41) is 3.10. The fourth-order valence-corrected chi connectivity index (χ4v) is 3.71. The fourth-order valence-electron chi connectivity index (χ4n) is 3.71. The van der Waals surface area contributed by atoms with Crippen molar-refractivity contribution in [3.63, 3.8) is 0 Å². The van der Waals surface area contributed by atoms with Crippen LogP contribution in [0.15, 0.2) is 18.2 Å². The molecule has 0 bridgehead atoms. The van der Waals surface area contributed by atoms with E-state index in [2.05, 4.69) is 54.1 Å². The highest BCUT2D eigenvalue weighted by Crippen LogP contribution is 2.25. The summed E-state index contributed by atoms with van der Waals surface area (Å²) in [5.74, 6) is 0.0631. The number of benzene rings is 1. The van der Waals surface area contributed by atoms with Crippen LogP contribution in [0.2, 0.25) is 0 Å². The van der Waals surface area contributed by atoms with Crippen molar-refractivity contribution in [2.45, 2.75) is 39.7 Å². The summed E-state index contributed by atoms with van der Waals surface area (Å²) in [6, 6.07) is 6.98. The molecule has 0 spiro atoms. The zero-order valence-corrected chi connectivity index (χ0v) is 15.8. The third-order valence-corrected chi connectivity index (χ3v) is 5.27. The zero-order valence-electron chi connectivity index (χ0n) is 15.8. The van der Waals surface area contributed by atoms with Crippen LogP contribution >= 0.6 is 0 Å². The zero-order chi connectivity index (χ0) is 17.8. The number of hydrogen-bond acceptors (Lipinski definition) is 4. The lowest BCUT2D eigenvalue weighted by Crippen LogP contribution is -2.48. The second kappa shape index (κ2) is 8.19. The Morgan fingerprint density at radius 1 is 1.20 bits per heavy atom. The second-order valence-corrected chi connectivity index (χ2v) is 7.58. The number of amides is 1. The van der Waals surface area contributed by atoms with Gasteiger partial charge in [0.2, 0.25) is 5.91 Å². The van der Waals surface area contributed by atoms with E-state index in [1.165, 1.54) is 11.3 Å². The van der Waals surface area contributed by atoms with Gasteiger partial charge >= 0.3 is 0 Å². The lowest BCUT2D eigenvalue weighted by atomic mass is 10.0. The summed E-state index contributed by atoms with van der Waals surface area (Å²) in [7, 11) is 0. The van der Waals surface area contributed by atoms with E-state index in [-0.39, 0.29) is 11.8 Å². The minimum absolute atomic E-state index is 0.0210. The molecule has 1 atom stereocenters. The molecule has 1 aromatic carbocycles. The highest BCUT2D eigenvalue weighted by atomic mass is 16.5. The van der Waals surface area contributed by atoms with E-state index in [9.17, 15) is 4.79 Å². The molecule has 2 aliphatic rings. The first-order valence-electron chi connectivity index (χ1n) is 9.52. The molecular formula is C20H31N3O2. The summed E-state index contributed by atoms with van der Waals surface area (Å²) in [6.07, 6.45) is 1.89. The Bertz CT molecular complexity index is 589. The van der Waals surface area contributed by atoms with Crippen LogP contribution in [-0.2, 0) is 9.53 Å². The Morgan fingerprint density at radius 2 is 1.96 bits per heavy atom. The number of anilines is 2. The first-order chi connectivity index (χ1) is 12.0. The SMILES string of the molecule is Cc1cc(NC(=O)[C@H]2CCCOC2)cc(N2CCN(C(C)C)CC2)c1. The van der Waals surface area contributed by atoms with E-state index in [1.54, 1.807) is 0 Å². The van der Waals surface area contributed by atoms with Gasteiger partial charge < -0.3 is 15.0 Å². The van der Waals surface area contributed by atoms with Crippen molar-refractivity contribution in [3.8, 4) is 0 Å². The molecule has 5 heteroatoms. The number of carbonyl (C=O) groups is 1. The normalized spacial score (nSPS) is 22.2. The van der Waals surface area contributed by atoms with Crippen LogP contribution in [-0.4, -0.2) is 56.2 Å². The minimum atomic E-state index is -0.0210. The first kappa shape index (κ1) is 18.2. The number of carbonyl (C=O) groups excluding carboxylic acids is 1. The molecule has 1 N–H and O–H groups in total. The summed E-state index contributed by atoms with van der Waals surface area (Å²) in [4.78, 5) is 17.4. The summed E-state index contributed by atoms with van der Waals surface area (Å²) >= 11 is 0. The van der Waals surface area contributed by atoms with Gasteiger partial charge in [-0.05, 0) is 57.4 Å². The average molecular weight is 345 g/mol. The van der Waals surface area contributed by atoms with Crippen LogP contribution in [0.1, 0.15) is 32.3 Å². The Labute approximate surface area is 151 Å². The van der Waals surface area contributed by atoms with Crippen molar-refractivity contribution in [1.82, 2.24) is 4.90 Å². The minimum Gasteiger partial charge on any atom is -0.381 e. The predicted molar refractivity (Wildman–Crippen MR) is 102 cm³/mol. The molecule has 138 valence electrons. The summed E-state index contributed by atoms with van der Waals surface area (Å²) in [6.45, 7) is 12.2.